The van der Waals surface area contributed by atoms with Gasteiger partial charge in [-0.25, -0.2) is 0 Å². The molecular formula is C10H19NO2. The highest BCUT2D eigenvalue weighted by Gasteiger charge is 2.23. The molecule has 0 heterocycles. The first kappa shape index (κ1) is 10.7. The van der Waals surface area contributed by atoms with Crippen LogP contribution in [0.4, 0.5) is 0 Å². The fourth-order valence-corrected chi connectivity index (χ4v) is 1.34. The van der Waals surface area contributed by atoms with Crippen molar-refractivity contribution in [3.8, 4) is 0 Å². The summed E-state index contributed by atoms with van der Waals surface area (Å²) >= 11 is 0. The minimum absolute atomic E-state index is 0.0245. The van der Waals surface area contributed by atoms with E-state index in [1.807, 2.05) is 6.92 Å². The van der Waals surface area contributed by atoms with Crippen LogP contribution in [-0.4, -0.2) is 36.0 Å². The Hall–Kier alpha value is -0.380. The highest BCUT2D eigenvalue weighted by atomic mass is 16.3. The summed E-state index contributed by atoms with van der Waals surface area (Å²) in [5.41, 5.74) is -0.386. The number of nitrogens with one attached hydrogen (secondary N) is 1. The van der Waals surface area contributed by atoms with Crippen molar-refractivity contribution in [2.45, 2.75) is 25.8 Å². The van der Waals surface area contributed by atoms with E-state index >= 15 is 0 Å². The third kappa shape index (κ3) is 3.10. The molecule has 13 heavy (non-hydrogen) atoms. The van der Waals surface area contributed by atoms with Gasteiger partial charge in [-0.3, -0.25) is 0 Å². The molecular weight excluding hydrogens is 166 g/mol. The molecule has 0 aromatic carbocycles. The molecule has 0 aliphatic heterocycles. The molecule has 0 aromatic heterocycles. The summed E-state index contributed by atoms with van der Waals surface area (Å²) in [6, 6.07) is 0.498. The molecule has 3 heteroatoms. The molecule has 1 aliphatic rings. The van der Waals surface area contributed by atoms with E-state index in [1.54, 1.807) is 0 Å². The van der Waals surface area contributed by atoms with Gasteiger partial charge in [0.1, 0.15) is 0 Å². The average Bonchev–Trinajstić information content (AvgIpc) is 2.67. The molecule has 3 nitrogen and oxygen atoms in total. The molecule has 0 fully saturated rings. The molecule has 0 amide bonds. The molecule has 0 aromatic rings. The largest absolute Gasteiger partial charge is 0.396 e. The minimum atomic E-state index is -0.386. The standard InChI is InChI=1S/C10H19NO2/c1-10(7-12,8-13)6-11-9-4-2-3-5-9/h2-3,9,11-13H,4-8H2,1H3. The molecule has 0 unspecified atom stereocenters. The van der Waals surface area contributed by atoms with E-state index in [-0.39, 0.29) is 18.6 Å². The van der Waals surface area contributed by atoms with Gasteiger partial charge < -0.3 is 15.5 Å². The zero-order valence-electron chi connectivity index (χ0n) is 8.16. The van der Waals surface area contributed by atoms with Crippen LogP contribution >= 0.6 is 0 Å². The van der Waals surface area contributed by atoms with Crippen molar-refractivity contribution in [1.29, 1.82) is 0 Å². The van der Waals surface area contributed by atoms with E-state index in [4.69, 9.17) is 10.2 Å². The molecule has 0 saturated carbocycles. The van der Waals surface area contributed by atoms with Crippen molar-refractivity contribution in [3.05, 3.63) is 12.2 Å². The van der Waals surface area contributed by atoms with Crippen molar-refractivity contribution < 1.29 is 10.2 Å². The van der Waals surface area contributed by atoms with Crippen LogP contribution in [-0.2, 0) is 0 Å². The predicted molar refractivity (Wildman–Crippen MR) is 52.4 cm³/mol. The summed E-state index contributed by atoms with van der Waals surface area (Å²) in [5, 5.41) is 21.4. The normalized spacial score (nSPS) is 18.4. The Morgan fingerprint density at radius 3 is 2.31 bits per heavy atom. The second-order valence-electron chi connectivity index (χ2n) is 4.15. The van der Waals surface area contributed by atoms with Gasteiger partial charge in [-0.05, 0) is 12.8 Å². The van der Waals surface area contributed by atoms with Crippen LogP contribution in [0.25, 0.3) is 0 Å². The van der Waals surface area contributed by atoms with E-state index in [0.29, 0.717) is 12.6 Å². The van der Waals surface area contributed by atoms with Gasteiger partial charge in [0.15, 0.2) is 0 Å². The molecule has 1 aliphatic carbocycles. The van der Waals surface area contributed by atoms with Crippen molar-refractivity contribution >= 4 is 0 Å². The molecule has 0 spiro atoms. The molecule has 3 N–H and O–H groups in total. The highest BCUT2D eigenvalue weighted by molar-refractivity contribution is 4.98. The maximum atomic E-state index is 9.04. The molecule has 76 valence electrons. The first-order chi connectivity index (χ1) is 6.20. The van der Waals surface area contributed by atoms with Gasteiger partial charge in [0.2, 0.25) is 0 Å². The summed E-state index contributed by atoms with van der Waals surface area (Å²) < 4.78 is 0. The van der Waals surface area contributed by atoms with Crippen molar-refractivity contribution in [2.24, 2.45) is 5.41 Å². The number of aliphatic hydroxyl groups excluding tert-OH is 2. The predicted octanol–water partition coefficient (Wildman–Crippen LogP) is 0.285. The van der Waals surface area contributed by atoms with Gasteiger partial charge in [-0.2, -0.15) is 0 Å². The third-order valence-corrected chi connectivity index (χ3v) is 2.59. The lowest BCUT2D eigenvalue weighted by molar-refractivity contribution is 0.0676. The highest BCUT2D eigenvalue weighted by Crippen LogP contribution is 2.15. The Balaban J connectivity index is 2.23. The van der Waals surface area contributed by atoms with E-state index in [1.165, 1.54) is 0 Å². The fraction of sp³-hybridized carbons (Fsp3) is 0.800. The van der Waals surface area contributed by atoms with E-state index in [2.05, 4.69) is 17.5 Å². The first-order valence-corrected chi connectivity index (χ1v) is 4.80. The molecule has 0 bridgehead atoms. The maximum absolute atomic E-state index is 9.04. The van der Waals surface area contributed by atoms with Crippen LogP contribution in [0.2, 0.25) is 0 Å². The topological polar surface area (TPSA) is 52.5 Å². The summed E-state index contributed by atoms with van der Waals surface area (Å²) in [4.78, 5) is 0. The lowest BCUT2D eigenvalue weighted by atomic mass is 9.92. The summed E-state index contributed by atoms with van der Waals surface area (Å²) in [7, 11) is 0. The van der Waals surface area contributed by atoms with Crippen LogP contribution in [0.5, 0.6) is 0 Å². The zero-order chi connectivity index (χ0) is 9.73. The Morgan fingerprint density at radius 2 is 1.85 bits per heavy atom. The molecule has 1 rings (SSSR count). The van der Waals surface area contributed by atoms with Gasteiger partial charge in [0.05, 0.1) is 13.2 Å². The summed E-state index contributed by atoms with van der Waals surface area (Å²) in [5.74, 6) is 0. The minimum Gasteiger partial charge on any atom is -0.396 e. The number of rotatable bonds is 5. The van der Waals surface area contributed by atoms with Gasteiger partial charge in [-0.15, -0.1) is 0 Å². The second-order valence-corrected chi connectivity index (χ2v) is 4.15. The Kier molecular flexibility index (Phi) is 3.90. The Bertz CT molecular complexity index is 168. The smallest absolute Gasteiger partial charge is 0.0518 e. The van der Waals surface area contributed by atoms with Crippen molar-refractivity contribution in [3.63, 3.8) is 0 Å². The van der Waals surface area contributed by atoms with E-state index in [9.17, 15) is 0 Å². The van der Waals surface area contributed by atoms with Gasteiger partial charge in [0.25, 0.3) is 0 Å². The second kappa shape index (κ2) is 4.74. The maximum Gasteiger partial charge on any atom is 0.0518 e. The van der Waals surface area contributed by atoms with Gasteiger partial charge in [0, 0.05) is 18.0 Å². The van der Waals surface area contributed by atoms with Crippen molar-refractivity contribution in [2.75, 3.05) is 19.8 Å². The van der Waals surface area contributed by atoms with E-state index < -0.39 is 0 Å². The quantitative estimate of drug-likeness (QED) is 0.539. The van der Waals surface area contributed by atoms with Crippen LogP contribution in [0.15, 0.2) is 12.2 Å². The number of hydrogen-bond donors (Lipinski definition) is 3. The monoisotopic (exact) mass is 185 g/mol. The van der Waals surface area contributed by atoms with Crippen LogP contribution < -0.4 is 5.32 Å². The van der Waals surface area contributed by atoms with Gasteiger partial charge in [-0.1, -0.05) is 19.1 Å². The lowest BCUT2D eigenvalue weighted by Gasteiger charge is -2.26. The molecule has 0 saturated heterocycles. The van der Waals surface area contributed by atoms with E-state index in [0.717, 1.165) is 12.8 Å². The summed E-state index contributed by atoms with van der Waals surface area (Å²) in [6.45, 7) is 2.60. The molecule has 0 radical (unpaired) electrons. The van der Waals surface area contributed by atoms with Crippen LogP contribution in [0.3, 0.4) is 0 Å². The third-order valence-electron chi connectivity index (χ3n) is 2.59. The molecule has 0 atom stereocenters. The fourth-order valence-electron chi connectivity index (χ4n) is 1.34. The summed E-state index contributed by atoms with van der Waals surface area (Å²) in [6.07, 6.45) is 6.44. The van der Waals surface area contributed by atoms with Gasteiger partial charge >= 0.3 is 0 Å². The number of aliphatic hydroxyl groups is 2. The lowest BCUT2D eigenvalue weighted by Crippen LogP contribution is -2.41. The zero-order valence-corrected chi connectivity index (χ0v) is 8.16. The first-order valence-electron chi connectivity index (χ1n) is 4.80. The average molecular weight is 185 g/mol. The Morgan fingerprint density at radius 1 is 1.31 bits per heavy atom. The number of hydrogen-bond acceptors (Lipinski definition) is 3. The Labute approximate surface area is 79.5 Å². The SMILES string of the molecule is CC(CO)(CO)CNC1CC=CC1. The van der Waals surface area contributed by atoms with Crippen molar-refractivity contribution in [1.82, 2.24) is 5.32 Å². The van der Waals surface area contributed by atoms with Crippen LogP contribution in [0.1, 0.15) is 19.8 Å². The van der Waals surface area contributed by atoms with Crippen LogP contribution in [0, 0.1) is 5.41 Å².